The molecule has 0 aliphatic carbocycles. The SMILES string of the molecule is COc1cc2nc(CC=Nc3ccccc3)nc(N3CCOCC3)c2cc1OC. The molecule has 0 saturated carbocycles. The number of benzene rings is 2. The second-order valence-corrected chi connectivity index (χ2v) is 6.64. The van der Waals surface area contributed by atoms with Crippen molar-refractivity contribution in [3.05, 3.63) is 48.3 Å². The second-order valence-electron chi connectivity index (χ2n) is 6.64. The maximum Gasteiger partial charge on any atom is 0.162 e. The van der Waals surface area contributed by atoms with E-state index in [1.54, 1.807) is 14.2 Å². The summed E-state index contributed by atoms with van der Waals surface area (Å²) in [6, 6.07) is 13.7. The van der Waals surface area contributed by atoms with Crippen LogP contribution in [0.3, 0.4) is 0 Å². The van der Waals surface area contributed by atoms with Crippen molar-refractivity contribution < 1.29 is 14.2 Å². The molecule has 1 fully saturated rings. The van der Waals surface area contributed by atoms with Crippen LogP contribution in [0.2, 0.25) is 0 Å². The molecule has 2 heterocycles. The van der Waals surface area contributed by atoms with Crippen molar-refractivity contribution >= 4 is 28.6 Å². The zero-order chi connectivity index (χ0) is 20.1. The number of hydrogen-bond donors (Lipinski definition) is 0. The van der Waals surface area contributed by atoms with E-state index in [1.165, 1.54) is 0 Å². The minimum Gasteiger partial charge on any atom is -0.493 e. The van der Waals surface area contributed by atoms with Crippen LogP contribution in [-0.4, -0.2) is 56.7 Å². The van der Waals surface area contributed by atoms with E-state index in [4.69, 9.17) is 24.2 Å². The summed E-state index contributed by atoms with van der Waals surface area (Å²) < 4.78 is 16.5. The van der Waals surface area contributed by atoms with Crippen molar-refractivity contribution in [2.75, 3.05) is 45.4 Å². The van der Waals surface area contributed by atoms with Gasteiger partial charge in [-0.05, 0) is 18.2 Å². The molecule has 4 rings (SSSR count). The molecule has 29 heavy (non-hydrogen) atoms. The zero-order valence-corrected chi connectivity index (χ0v) is 16.7. The first-order valence-corrected chi connectivity index (χ1v) is 9.61. The lowest BCUT2D eigenvalue weighted by atomic mass is 10.2. The van der Waals surface area contributed by atoms with Gasteiger partial charge in [0.2, 0.25) is 0 Å². The number of aromatic nitrogens is 2. The summed E-state index contributed by atoms with van der Waals surface area (Å²) in [4.78, 5) is 16.3. The number of ether oxygens (including phenoxy) is 3. The number of morpholine rings is 1. The Morgan fingerprint density at radius 2 is 1.76 bits per heavy atom. The number of nitrogens with zero attached hydrogens (tertiary/aromatic N) is 4. The third-order valence-corrected chi connectivity index (χ3v) is 4.81. The fourth-order valence-corrected chi connectivity index (χ4v) is 3.34. The normalized spacial score (nSPS) is 14.5. The van der Waals surface area contributed by atoms with E-state index in [0.29, 0.717) is 37.0 Å². The fraction of sp³-hybridized carbons (Fsp3) is 0.318. The molecule has 0 unspecified atom stereocenters. The summed E-state index contributed by atoms with van der Waals surface area (Å²) in [5, 5.41) is 0.938. The number of fused-ring (bicyclic) bond motifs is 1. The first-order chi connectivity index (χ1) is 14.3. The third kappa shape index (κ3) is 4.30. The lowest BCUT2D eigenvalue weighted by Crippen LogP contribution is -2.37. The maximum atomic E-state index is 5.51. The highest BCUT2D eigenvalue weighted by Gasteiger charge is 2.19. The Balaban J connectivity index is 1.73. The molecule has 1 saturated heterocycles. The van der Waals surface area contributed by atoms with Gasteiger partial charge < -0.3 is 19.1 Å². The lowest BCUT2D eigenvalue weighted by Gasteiger charge is -2.29. The topological polar surface area (TPSA) is 69.1 Å². The molecular weight excluding hydrogens is 368 g/mol. The Morgan fingerprint density at radius 1 is 1.03 bits per heavy atom. The van der Waals surface area contributed by atoms with Gasteiger partial charge in [0.15, 0.2) is 11.5 Å². The number of rotatable bonds is 6. The van der Waals surface area contributed by atoms with Crippen LogP contribution >= 0.6 is 0 Å². The van der Waals surface area contributed by atoms with Gasteiger partial charge in [0.25, 0.3) is 0 Å². The van der Waals surface area contributed by atoms with Gasteiger partial charge >= 0.3 is 0 Å². The van der Waals surface area contributed by atoms with Crippen molar-refractivity contribution in [2.24, 2.45) is 4.99 Å². The quantitative estimate of drug-likeness (QED) is 0.599. The Labute approximate surface area is 170 Å². The van der Waals surface area contributed by atoms with Gasteiger partial charge in [-0.2, -0.15) is 0 Å². The maximum absolute atomic E-state index is 5.51. The monoisotopic (exact) mass is 392 g/mol. The van der Waals surface area contributed by atoms with E-state index in [-0.39, 0.29) is 0 Å². The number of methoxy groups -OCH3 is 2. The summed E-state index contributed by atoms with van der Waals surface area (Å²) in [5.74, 6) is 2.92. The predicted molar refractivity (Wildman–Crippen MR) is 114 cm³/mol. The lowest BCUT2D eigenvalue weighted by molar-refractivity contribution is 0.122. The molecule has 3 aromatic rings. The molecule has 1 aliphatic heterocycles. The molecule has 150 valence electrons. The summed E-state index contributed by atoms with van der Waals surface area (Å²) in [6.07, 6.45) is 2.39. The largest absolute Gasteiger partial charge is 0.493 e. The van der Waals surface area contributed by atoms with Gasteiger partial charge in [0.1, 0.15) is 11.6 Å². The van der Waals surface area contributed by atoms with E-state index in [1.807, 2.05) is 48.7 Å². The van der Waals surface area contributed by atoms with Crippen LogP contribution in [0.15, 0.2) is 47.5 Å². The molecule has 0 N–H and O–H groups in total. The molecule has 0 radical (unpaired) electrons. The number of anilines is 1. The van der Waals surface area contributed by atoms with Gasteiger partial charge in [0.05, 0.1) is 38.6 Å². The fourth-order valence-electron chi connectivity index (χ4n) is 3.34. The van der Waals surface area contributed by atoms with Crippen molar-refractivity contribution in [3.8, 4) is 11.5 Å². The smallest absolute Gasteiger partial charge is 0.162 e. The van der Waals surface area contributed by atoms with Gasteiger partial charge in [-0.3, -0.25) is 4.99 Å². The van der Waals surface area contributed by atoms with Gasteiger partial charge in [-0.25, -0.2) is 9.97 Å². The molecule has 0 atom stereocenters. The Hall–Kier alpha value is -3.19. The summed E-state index contributed by atoms with van der Waals surface area (Å²) in [5.41, 5.74) is 1.73. The molecular formula is C22H24N4O3. The van der Waals surface area contributed by atoms with E-state index in [0.717, 1.165) is 35.5 Å². The highest BCUT2D eigenvalue weighted by atomic mass is 16.5. The average Bonchev–Trinajstić information content (AvgIpc) is 2.79. The molecule has 0 bridgehead atoms. The second kappa shape index (κ2) is 8.87. The van der Waals surface area contributed by atoms with E-state index in [9.17, 15) is 0 Å². The number of hydrogen-bond acceptors (Lipinski definition) is 7. The molecule has 0 amide bonds. The Morgan fingerprint density at radius 3 is 2.48 bits per heavy atom. The Kier molecular flexibility index (Phi) is 5.86. The van der Waals surface area contributed by atoms with E-state index in [2.05, 4.69) is 9.89 Å². The summed E-state index contributed by atoms with van der Waals surface area (Å²) in [6.45, 7) is 2.95. The first-order valence-electron chi connectivity index (χ1n) is 9.61. The minimum atomic E-state index is 0.538. The van der Waals surface area contributed by atoms with Crippen LogP contribution in [0.5, 0.6) is 11.5 Å². The minimum absolute atomic E-state index is 0.538. The highest BCUT2D eigenvalue weighted by Crippen LogP contribution is 2.35. The van der Waals surface area contributed by atoms with Gasteiger partial charge in [0, 0.05) is 37.2 Å². The predicted octanol–water partition coefficient (Wildman–Crippen LogP) is 3.43. The molecule has 1 aromatic heterocycles. The van der Waals surface area contributed by atoms with E-state index < -0.39 is 0 Å². The van der Waals surface area contributed by atoms with Crippen molar-refractivity contribution in [3.63, 3.8) is 0 Å². The summed E-state index contributed by atoms with van der Waals surface area (Å²) >= 11 is 0. The molecule has 1 aliphatic rings. The molecule has 7 nitrogen and oxygen atoms in total. The number of para-hydroxylation sites is 1. The highest BCUT2D eigenvalue weighted by molar-refractivity contribution is 5.92. The Bertz CT molecular complexity index is 1000. The zero-order valence-electron chi connectivity index (χ0n) is 16.7. The van der Waals surface area contributed by atoms with Crippen LogP contribution in [0.1, 0.15) is 5.82 Å². The summed E-state index contributed by atoms with van der Waals surface area (Å²) in [7, 11) is 3.26. The van der Waals surface area contributed by atoms with Gasteiger partial charge in [-0.15, -0.1) is 0 Å². The van der Waals surface area contributed by atoms with Gasteiger partial charge in [-0.1, -0.05) is 18.2 Å². The molecule has 7 heteroatoms. The first kappa shape index (κ1) is 19.1. The van der Waals surface area contributed by atoms with Crippen LogP contribution in [0.4, 0.5) is 11.5 Å². The van der Waals surface area contributed by atoms with Crippen molar-refractivity contribution in [1.29, 1.82) is 0 Å². The van der Waals surface area contributed by atoms with Crippen molar-refractivity contribution in [1.82, 2.24) is 9.97 Å². The molecule has 0 spiro atoms. The van der Waals surface area contributed by atoms with Crippen LogP contribution in [0.25, 0.3) is 10.9 Å². The third-order valence-electron chi connectivity index (χ3n) is 4.81. The number of aliphatic imine (C=N–C) groups is 1. The van der Waals surface area contributed by atoms with Crippen LogP contribution < -0.4 is 14.4 Å². The van der Waals surface area contributed by atoms with E-state index >= 15 is 0 Å². The van der Waals surface area contributed by atoms with Crippen LogP contribution in [0, 0.1) is 0 Å². The average molecular weight is 392 g/mol. The molecule has 2 aromatic carbocycles. The van der Waals surface area contributed by atoms with Crippen LogP contribution in [-0.2, 0) is 11.2 Å². The van der Waals surface area contributed by atoms with Crippen molar-refractivity contribution in [2.45, 2.75) is 6.42 Å². The standard InChI is InChI=1S/C22H24N4O3/c1-27-19-14-17-18(15-20(19)28-2)24-21(8-9-23-16-6-4-3-5-7-16)25-22(17)26-10-12-29-13-11-26/h3-7,9,14-15H,8,10-13H2,1-2H3.